The van der Waals surface area contributed by atoms with Gasteiger partial charge in [-0.2, -0.15) is 0 Å². The van der Waals surface area contributed by atoms with E-state index in [1.807, 2.05) is 27.2 Å². The zero-order valence-corrected chi connectivity index (χ0v) is 40.2. The first-order valence-electron chi connectivity index (χ1n) is 25.1. The maximum Gasteiger partial charge on any atom is 0.268 e. The number of amides is 1. The minimum absolute atomic E-state index is 0.00234. The van der Waals surface area contributed by atoms with Crippen molar-refractivity contribution < 1.29 is 32.9 Å². The first kappa shape index (κ1) is 57.2. The number of allylic oxidation sites excluding steroid dienone is 1. The quantitative estimate of drug-likeness (QED) is 0.0273. The Kier molecular flexibility index (Phi) is 41.0. The molecule has 0 aromatic heterocycles. The van der Waals surface area contributed by atoms with Crippen molar-refractivity contribution >= 4 is 13.7 Å². The van der Waals surface area contributed by atoms with Crippen molar-refractivity contribution in [2.24, 2.45) is 0 Å². The van der Waals surface area contributed by atoms with Gasteiger partial charge in [-0.3, -0.25) is 9.36 Å². The van der Waals surface area contributed by atoms with Crippen molar-refractivity contribution in [3.05, 3.63) is 12.2 Å². The molecule has 0 aliphatic rings. The lowest BCUT2D eigenvalue weighted by Gasteiger charge is -2.29. The van der Waals surface area contributed by atoms with Crippen molar-refractivity contribution in [1.29, 1.82) is 0 Å². The Balaban J connectivity index is 4.28. The first-order chi connectivity index (χ1) is 28.0. The van der Waals surface area contributed by atoms with E-state index in [0.717, 1.165) is 38.5 Å². The van der Waals surface area contributed by atoms with Gasteiger partial charge in [0.2, 0.25) is 5.91 Å². The molecule has 0 saturated heterocycles. The number of nitrogens with zero attached hydrogens (tertiary/aromatic N) is 1. The maximum atomic E-state index is 12.9. The van der Waals surface area contributed by atoms with Gasteiger partial charge in [-0.1, -0.05) is 231 Å². The fraction of sp³-hybridized carbons (Fsp3) is 0.939. The molecule has 2 N–H and O–H groups in total. The molecule has 0 rings (SSSR count). The number of carbonyl (C=O) groups excluding carboxylic acids is 1. The van der Waals surface area contributed by atoms with E-state index in [9.17, 15) is 19.4 Å². The zero-order valence-electron chi connectivity index (χ0n) is 39.3. The Bertz CT molecular complexity index is 958. The van der Waals surface area contributed by atoms with E-state index in [2.05, 4.69) is 19.2 Å². The number of aliphatic hydroxyl groups is 1. The number of hydrogen-bond donors (Lipinski definition) is 2. The third-order valence-corrected chi connectivity index (χ3v) is 12.5. The Morgan fingerprint density at radius 3 is 1.29 bits per heavy atom. The van der Waals surface area contributed by atoms with Gasteiger partial charge in [0.05, 0.1) is 39.9 Å². The van der Waals surface area contributed by atoms with Crippen LogP contribution in [0.3, 0.4) is 0 Å². The topological polar surface area (TPSA) is 108 Å². The van der Waals surface area contributed by atoms with Crippen molar-refractivity contribution in [2.75, 3.05) is 40.9 Å². The summed E-state index contributed by atoms with van der Waals surface area (Å²) < 4.78 is 23.3. The Hall–Kier alpha value is -0.760. The van der Waals surface area contributed by atoms with Crippen LogP contribution in [-0.4, -0.2) is 68.5 Å². The van der Waals surface area contributed by atoms with Crippen LogP contribution in [0.5, 0.6) is 0 Å². The average molecular weight is 843 g/mol. The fourth-order valence-electron chi connectivity index (χ4n) is 7.51. The zero-order chi connectivity index (χ0) is 42.8. The summed E-state index contributed by atoms with van der Waals surface area (Å²) in [7, 11) is 1.27. The largest absolute Gasteiger partial charge is 0.756 e. The normalized spacial score (nSPS) is 14.3. The van der Waals surface area contributed by atoms with Gasteiger partial charge in [0.25, 0.3) is 7.82 Å². The van der Waals surface area contributed by atoms with Gasteiger partial charge in [-0.15, -0.1) is 0 Å². The van der Waals surface area contributed by atoms with E-state index >= 15 is 0 Å². The standard InChI is InChI=1S/C49H99N2O6P/c1-6-8-10-12-14-16-18-20-22-23-24-25-26-27-28-29-30-32-34-36-38-40-42-48(52)47(46-57-58(54,55)56-45-44-51(3,4)5)50-49(53)43-41-39-37-35-33-31-21-19-17-15-13-11-9-7-2/h40,42,47-48,52H,6-39,41,43-46H2,1-5H3,(H-,50,53,54,55)/b42-40+. The molecule has 0 aromatic carbocycles. The van der Waals surface area contributed by atoms with Crippen LogP contribution in [0.2, 0.25) is 0 Å². The third-order valence-electron chi connectivity index (χ3n) is 11.5. The maximum absolute atomic E-state index is 12.9. The van der Waals surface area contributed by atoms with Crippen LogP contribution < -0.4 is 10.2 Å². The second kappa shape index (κ2) is 41.6. The second-order valence-corrected chi connectivity index (χ2v) is 19.9. The lowest BCUT2D eigenvalue weighted by Crippen LogP contribution is -2.45. The molecular formula is C49H99N2O6P. The molecule has 0 bridgehead atoms. The average Bonchev–Trinajstić information content (AvgIpc) is 3.17. The van der Waals surface area contributed by atoms with E-state index in [1.165, 1.54) is 186 Å². The van der Waals surface area contributed by atoms with Crippen molar-refractivity contribution in [1.82, 2.24) is 5.32 Å². The monoisotopic (exact) mass is 843 g/mol. The van der Waals surface area contributed by atoms with Crippen molar-refractivity contribution in [2.45, 2.75) is 257 Å². The molecule has 9 heteroatoms. The number of phosphoric acid groups is 1. The lowest BCUT2D eigenvalue weighted by atomic mass is 10.0. The molecule has 8 nitrogen and oxygen atoms in total. The lowest BCUT2D eigenvalue weighted by molar-refractivity contribution is -0.870. The van der Waals surface area contributed by atoms with Gasteiger partial charge >= 0.3 is 0 Å². The highest BCUT2D eigenvalue weighted by molar-refractivity contribution is 7.45. The molecule has 58 heavy (non-hydrogen) atoms. The summed E-state index contributed by atoms with van der Waals surface area (Å²) in [6.07, 6.45) is 48.3. The van der Waals surface area contributed by atoms with Crippen LogP contribution in [0.25, 0.3) is 0 Å². The Morgan fingerprint density at radius 1 is 0.586 bits per heavy atom. The van der Waals surface area contributed by atoms with Gasteiger partial charge < -0.3 is 28.8 Å². The summed E-state index contributed by atoms with van der Waals surface area (Å²) >= 11 is 0. The summed E-state index contributed by atoms with van der Waals surface area (Å²) in [5.74, 6) is -0.194. The molecule has 3 unspecified atom stereocenters. The van der Waals surface area contributed by atoms with Crippen LogP contribution >= 0.6 is 7.82 Å². The minimum atomic E-state index is -4.58. The molecule has 0 spiro atoms. The third kappa shape index (κ3) is 43.3. The number of nitrogens with one attached hydrogen (secondary N) is 1. The van der Waals surface area contributed by atoms with E-state index in [-0.39, 0.29) is 19.1 Å². The number of carbonyl (C=O) groups is 1. The van der Waals surface area contributed by atoms with Gasteiger partial charge in [0, 0.05) is 6.42 Å². The van der Waals surface area contributed by atoms with Gasteiger partial charge in [0.15, 0.2) is 0 Å². The highest BCUT2D eigenvalue weighted by Crippen LogP contribution is 2.38. The number of rotatable bonds is 46. The fourth-order valence-corrected chi connectivity index (χ4v) is 8.23. The van der Waals surface area contributed by atoms with E-state index in [0.29, 0.717) is 17.4 Å². The molecule has 1 amide bonds. The number of quaternary nitrogens is 1. The molecule has 0 saturated carbocycles. The number of phosphoric ester groups is 1. The van der Waals surface area contributed by atoms with Crippen molar-refractivity contribution in [3.63, 3.8) is 0 Å². The summed E-state index contributed by atoms with van der Waals surface area (Å²) in [6, 6.07) is -0.880. The Labute approximate surface area is 361 Å². The summed E-state index contributed by atoms with van der Waals surface area (Å²) in [5.41, 5.74) is 0. The first-order valence-corrected chi connectivity index (χ1v) is 26.5. The number of unbranched alkanes of at least 4 members (excludes halogenated alkanes) is 33. The van der Waals surface area contributed by atoms with E-state index in [1.54, 1.807) is 6.08 Å². The highest BCUT2D eigenvalue weighted by Gasteiger charge is 2.23. The van der Waals surface area contributed by atoms with Crippen LogP contribution in [0, 0.1) is 0 Å². The van der Waals surface area contributed by atoms with Gasteiger partial charge in [-0.25, -0.2) is 0 Å². The number of hydrogen-bond acceptors (Lipinski definition) is 6. The van der Waals surface area contributed by atoms with Crippen molar-refractivity contribution in [3.8, 4) is 0 Å². The molecule has 0 radical (unpaired) electrons. The second-order valence-electron chi connectivity index (χ2n) is 18.5. The predicted molar refractivity (Wildman–Crippen MR) is 247 cm³/mol. The minimum Gasteiger partial charge on any atom is -0.756 e. The van der Waals surface area contributed by atoms with E-state index < -0.39 is 20.0 Å². The van der Waals surface area contributed by atoms with Crippen LogP contribution in [0.1, 0.15) is 245 Å². The molecule has 346 valence electrons. The molecule has 0 heterocycles. The SMILES string of the molecule is CCCCCCCCCCCCCCCCCCCCCC/C=C/C(O)C(COP(=O)([O-])OCC[N+](C)(C)C)NC(=O)CCCCCCCCCCCCCCCC. The van der Waals surface area contributed by atoms with Gasteiger partial charge in [-0.05, 0) is 19.3 Å². The Morgan fingerprint density at radius 2 is 0.931 bits per heavy atom. The summed E-state index contributed by atoms with van der Waals surface area (Å²) in [4.78, 5) is 25.3. The molecule has 0 aliphatic carbocycles. The van der Waals surface area contributed by atoms with Crippen LogP contribution in [0.15, 0.2) is 12.2 Å². The van der Waals surface area contributed by atoms with E-state index in [4.69, 9.17) is 9.05 Å². The molecule has 3 atom stereocenters. The summed E-state index contributed by atoms with van der Waals surface area (Å²) in [5, 5.41) is 13.8. The highest BCUT2D eigenvalue weighted by atomic mass is 31.2. The molecule has 0 fully saturated rings. The van der Waals surface area contributed by atoms with Gasteiger partial charge in [0.1, 0.15) is 13.2 Å². The van der Waals surface area contributed by atoms with Crippen LogP contribution in [-0.2, 0) is 18.4 Å². The summed E-state index contributed by atoms with van der Waals surface area (Å²) in [6.45, 7) is 4.68. The number of aliphatic hydroxyl groups excluding tert-OH is 1. The number of likely N-dealkylation sites (N-methyl/N-ethyl adjacent to an activating group) is 1. The van der Waals surface area contributed by atoms with Crippen LogP contribution in [0.4, 0.5) is 0 Å². The molecule has 0 aromatic rings. The predicted octanol–water partition coefficient (Wildman–Crippen LogP) is 13.7. The smallest absolute Gasteiger partial charge is 0.268 e. The molecule has 0 aliphatic heterocycles. The molecular weight excluding hydrogens is 744 g/mol.